The molecular formula is C18H21N3O3. The highest BCUT2D eigenvalue weighted by Crippen LogP contribution is 2.17. The molecule has 1 saturated heterocycles. The normalized spacial score (nSPS) is 17.0. The molecule has 1 N–H and O–H groups in total. The molecule has 0 aliphatic carbocycles. The molecule has 0 radical (unpaired) electrons. The van der Waals surface area contributed by atoms with Crippen molar-refractivity contribution in [1.82, 2.24) is 15.1 Å². The number of ether oxygens (including phenoxy) is 1. The zero-order valence-corrected chi connectivity index (χ0v) is 14.1. The first-order chi connectivity index (χ1) is 11.4. The Morgan fingerprint density at radius 2 is 1.96 bits per heavy atom. The predicted octanol–water partition coefficient (Wildman–Crippen LogP) is 2.23. The highest BCUT2D eigenvalue weighted by atomic mass is 16.5. The molecule has 2 heterocycles. The van der Waals surface area contributed by atoms with Gasteiger partial charge in [-0.05, 0) is 56.5 Å². The van der Waals surface area contributed by atoms with Crippen LogP contribution in [0.3, 0.4) is 0 Å². The number of amides is 1. The fourth-order valence-corrected chi connectivity index (χ4v) is 2.96. The van der Waals surface area contributed by atoms with E-state index >= 15 is 0 Å². The second kappa shape index (κ2) is 6.47. The fourth-order valence-electron chi connectivity index (χ4n) is 2.96. The molecule has 0 bridgehead atoms. The largest absolute Gasteiger partial charge is 0.459 e. The summed E-state index contributed by atoms with van der Waals surface area (Å²) < 4.78 is 7.03. The molecule has 0 unspecified atom stereocenters. The molecule has 1 aliphatic rings. The van der Waals surface area contributed by atoms with Crippen LogP contribution in [0.4, 0.5) is 0 Å². The first-order valence-electron chi connectivity index (χ1n) is 8.04. The first kappa shape index (κ1) is 16.2. The van der Waals surface area contributed by atoms with Crippen LogP contribution in [0.1, 0.15) is 40.2 Å². The number of carbonyl (C=O) groups excluding carboxylic acids is 2. The number of hydrogen-bond donors (Lipinski definition) is 1. The average molecular weight is 327 g/mol. The number of aryl methyl sites for hydroxylation is 3. The topological polar surface area (TPSA) is 73.2 Å². The number of benzene rings is 1. The van der Waals surface area contributed by atoms with E-state index in [1.54, 1.807) is 10.7 Å². The van der Waals surface area contributed by atoms with Gasteiger partial charge >= 0.3 is 5.97 Å². The van der Waals surface area contributed by atoms with Crippen molar-refractivity contribution in [3.63, 3.8) is 0 Å². The van der Waals surface area contributed by atoms with Crippen molar-refractivity contribution in [2.45, 2.75) is 39.7 Å². The third-order valence-electron chi connectivity index (χ3n) is 4.05. The van der Waals surface area contributed by atoms with Crippen LogP contribution < -0.4 is 5.32 Å². The van der Waals surface area contributed by atoms with E-state index in [2.05, 4.69) is 16.5 Å². The lowest BCUT2D eigenvalue weighted by molar-refractivity contribution is -0.119. The molecule has 0 saturated carbocycles. The van der Waals surface area contributed by atoms with E-state index < -0.39 is 5.97 Å². The summed E-state index contributed by atoms with van der Waals surface area (Å²) in [5.74, 6) is -0.464. The zero-order valence-electron chi connectivity index (χ0n) is 14.1. The quantitative estimate of drug-likeness (QED) is 0.874. The molecule has 1 aromatic heterocycles. The van der Waals surface area contributed by atoms with Crippen molar-refractivity contribution >= 4 is 11.9 Å². The van der Waals surface area contributed by atoms with Crippen molar-refractivity contribution in [3.8, 4) is 5.69 Å². The highest BCUT2D eigenvalue weighted by Gasteiger charge is 2.23. The minimum atomic E-state index is -0.470. The molecule has 24 heavy (non-hydrogen) atoms. The molecule has 1 aliphatic heterocycles. The minimum absolute atomic E-state index is 0.00554. The number of nitrogens with zero attached hydrogens (tertiary/aromatic N) is 2. The summed E-state index contributed by atoms with van der Waals surface area (Å²) in [4.78, 5) is 23.4. The summed E-state index contributed by atoms with van der Waals surface area (Å²) in [6.07, 6.45) is 1.19. The number of aromatic nitrogens is 2. The summed E-state index contributed by atoms with van der Waals surface area (Å²) in [5.41, 5.74) is 4.34. The van der Waals surface area contributed by atoms with Gasteiger partial charge < -0.3 is 10.1 Å². The molecule has 1 atom stereocenters. The van der Waals surface area contributed by atoms with Crippen LogP contribution in [-0.4, -0.2) is 34.3 Å². The second-order valence-corrected chi connectivity index (χ2v) is 6.33. The van der Waals surface area contributed by atoms with E-state index in [1.165, 1.54) is 0 Å². The Hall–Kier alpha value is -2.63. The predicted molar refractivity (Wildman–Crippen MR) is 89.2 cm³/mol. The number of rotatable bonds is 4. The molecule has 0 spiro atoms. The van der Waals surface area contributed by atoms with Gasteiger partial charge in [0.15, 0.2) is 5.69 Å². The van der Waals surface area contributed by atoms with Gasteiger partial charge in [0.25, 0.3) is 0 Å². The smallest absolute Gasteiger partial charge is 0.358 e. The van der Waals surface area contributed by atoms with E-state index in [4.69, 9.17) is 4.74 Å². The lowest BCUT2D eigenvalue weighted by Crippen LogP contribution is -2.30. The molecule has 126 valence electrons. The molecule has 1 aromatic carbocycles. The third kappa shape index (κ3) is 3.48. The van der Waals surface area contributed by atoms with Gasteiger partial charge in [-0.25, -0.2) is 9.48 Å². The molecular weight excluding hydrogens is 306 g/mol. The molecule has 2 aromatic rings. The maximum atomic E-state index is 12.2. The average Bonchev–Trinajstić information content (AvgIpc) is 3.10. The van der Waals surface area contributed by atoms with Gasteiger partial charge in [0, 0.05) is 12.1 Å². The van der Waals surface area contributed by atoms with Gasteiger partial charge in [-0.1, -0.05) is 6.07 Å². The monoisotopic (exact) mass is 327 g/mol. The zero-order chi connectivity index (χ0) is 17.3. The van der Waals surface area contributed by atoms with E-state index in [9.17, 15) is 9.59 Å². The van der Waals surface area contributed by atoms with Crippen LogP contribution in [0.25, 0.3) is 5.69 Å². The maximum Gasteiger partial charge on any atom is 0.358 e. The Morgan fingerprint density at radius 3 is 2.58 bits per heavy atom. The standard InChI is InChI=1S/C18H21N3O3/c1-11-6-12(2)8-15(7-11)21-13(3)9-16(20-21)18(23)24-10-14-4-5-17(22)19-14/h6-9,14H,4-5,10H2,1-3H3,(H,19,22)/t14-/m1/s1. The SMILES string of the molecule is Cc1cc(C)cc(-n2nc(C(=O)OC[C@H]3CCC(=O)N3)cc2C)c1. The Kier molecular flexibility index (Phi) is 4.38. The van der Waals surface area contributed by atoms with Gasteiger partial charge in [0.05, 0.1) is 11.7 Å². The van der Waals surface area contributed by atoms with Crippen molar-refractivity contribution in [2.75, 3.05) is 6.61 Å². The van der Waals surface area contributed by atoms with Crippen LogP contribution in [0.2, 0.25) is 0 Å². The van der Waals surface area contributed by atoms with Crippen LogP contribution in [0.5, 0.6) is 0 Å². The number of esters is 1. The van der Waals surface area contributed by atoms with Gasteiger partial charge in [0.2, 0.25) is 5.91 Å². The van der Waals surface area contributed by atoms with Crippen molar-refractivity contribution in [2.24, 2.45) is 0 Å². The Morgan fingerprint density at radius 1 is 1.25 bits per heavy atom. The number of carbonyl (C=O) groups is 2. The molecule has 6 heteroatoms. The van der Waals surface area contributed by atoms with E-state index in [0.717, 1.165) is 22.5 Å². The third-order valence-corrected chi connectivity index (χ3v) is 4.05. The fraction of sp³-hybridized carbons (Fsp3) is 0.389. The maximum absolute atomic E-state index is 12.2. The van der Waals surface area contributed by atoms with E-state index in [0.29, 0.717) is 12.8 Å². The van der Waals surface area contributed by atoms with Crippen LogP contribution in [0.15, 0.2) is 24.3 Å². The molecule has 1 amide bonds. The molecule has 1 fully saturated rings. The lowest BCUT2D eigenvalue weighted by Gasteiger charge is -2.09. The second-order valence-electron chi connectivity index (χ2n) is 6.33. The minimum Gasteiger partial charge on any atom is -0.459 e. The summed E-state index contributed by atoms with van der Waals surface area (Å²) in [7, 11) is 0. The van der Waals surface area contributed by atoms with Gasteiger partial charge in [-0.2, -0.15) is 5.10 Å². The van der Waals surface area contributed by atoms with Crippen LogP contribution in [0, 0.1) is 20.8 Å². The molecule has 3 rings (SSSR count). The number of nitrogens with one attached hydrogen (secondary N) is 1. The number of hydrogen-bond acceptors (Lipinski definition) is 4. The summed E-state index contributed by atoms with van der Waals surface area (Å²) in [5, 5.41) is 7.15. The first-order valence-corrected chi connectivity index (χ1v) is 8.04. The Labute approximate surface area is 140 Å². The summed E-state index contributed by atoms with van der Waals surface area (Å²) in [6.45, 7) is 6.14. The highest BCUT2D eigenvalue weighted by molar-refractivity contribution is 5.87. The van der Waals surface area contributed by atoms with Gasteiger partial charge in [0.1, 0.15) is 6.61 Å². The van der Waals surface area contributed by atoms with Crippen LogP contribution >= 0.6 is 0 Å². The van der Waals surface area contributed by atoms with Crippen molar-refractivity contribution in [1.29, 1.82) is 0 Å². The Balaban J connectivity index is 1.73. The van der Waals surface area contributed by atoms with Crippen molar-refractivity contribution < 1.29 is 14.3 Å². The Bertz CT molecular complexity index is 775. The van der Waals surface area contributed by atoms with Crippen molar-refractivity contribution in [3.05, 3.63) is 46.8 Å². The van der Waals surface area contributed by atoms with Crippen LogP contribution in [-0.2, 0) is 9.53 Å². The van der Waals surface area contributed by atoms with E-state index in [-0.39, 0.29) is 24.2 Å². The summed E-state index contributed by atoms with van der Waals surface area (Å²) in [6, 6.07) is 7.76. The van der Waals surface area contributed by atoms with Gasteiger partial charge in [-0.3, -0.25) is 4.79 Å². The lowest BCUT2D eigenvalue weighted by atomic mass is 10.1. The molecule has 6 nitrogen and oxygen atoms in total. The summed E-state index contributed by atoms with van der Waals surface area (Å²) >= 11 is 0. The van der Waals surface area contributed by atoms with Gasteiger partial charge in [-0.15, -0.1) is 0 Å². The van der Waals surface area contributed by atoms with E-state index in [1.807, 2.05) is 32.9 Å².